The van der Waals surface area contributed by atoms with E-state index in [1.807, 2.05) is 0 Å². The lowest BCUT2D eigenvalue weighted by molar-refractivity contribution is 0.102. The number of nitrogens with one attached hydrogen (secondary N) is 1. The first-order chi connectivity index (χ1) is 9.52. The van der Waals surface area contributed by atoms with Gasteiger partial charge in [-0.15, -0.1) is 0 Å². The number of hydrogen-bond acceptors (Lipinski definition) is 2. The van der Waals surface area contributed by atoms with E-state index in [0.717, 1.165) is 4.47 Å². The number of carbonyl (C=O) groups excluding carboxylic acids is 1. The van der Waals surface area contributed by atoms with Gasteiger partial charge in [-0.25, -0.2) is 0 Å². The lowest BCUT2D eigenvalue weighted by atomic mass is 10.2. The highest BCUT2D eigenvalue weighted by molar-refractivity contribution is 9.10. The number of ether oxygens (including phenoxy) is 1. The van der Waals surface area contributed by atoms with Gasteiger partial charge in [0.1, 0.15) is 5.75 Å². The number of benzene rings is 2. The highest BCUT2D eigenvalue weighted by Crippen LogP contribution is 2.29. The molecule has 0 saturated carbocycles. The molecular formula is C14H10Br2ClNO2. The average molecular weight is 420 g/mol. The van der Waals surface area contributed by atoms with Crippen molar-refractivity contribution in [1.29, 1.82) is 0 Å². The maximum Gasteiger partial charge on any atom is 0.257 e. The van der Waals surface area contributed by atoms with Gasteiger partial charge in [0.15, 0.2) is 0 Å². The molecule has 0 aliphatic rings. The fourth-order valence-corrected chi connectivity index (χ4v) is 2.74. The summed E-state index contributed by atoms with van der Waals surface area (Å²) in [5, 5.41) is 3.18. The molecule has 104 valence electrons. The highest BCUT2D eigenvalue weighted by Gasteiger charge is 2.13. The van der Waals surface area contributed by atoms with Crippen LogP contribution in [0.15, 0.2) is 45.3 Å². The van der Waals surface area contributed by atoms with Crippen LogP contribution >= 0.6 is 43.5 Å². The van der Waals surface area contributed by atoms with Crippen LogP contribution in [0.1, 0.15) is 10.4 Å². The lowest BCUT2D eigenvalue weighted by Crippen LogP contribution is -2.12. The second-order valence-electron chi connectivity index (χ2n) is 3.90. The quantitative estimate of drug-likeness (QED) is 0.749. The Morgan fingerprint density at radius 2 is 1.95 bits per heavy atom. The minimum atomic E-state index is -0.270. The number of halogens is 3. The Bertz CT molecular complexity index is 662. The summed E-state index contributed by atoms with van der Waals surface area (Å²) in [7, 11) is 1.58. The second-order valence-corrected chi connectivity index (χ2v) is 5.99. The van der Waals surface area contributed by atoms with E-state index in [4.69, 9.17) is 16.3 Å². The van der Waals surface area contributed by atoms with Crippen LogP contribution in [0.4, 0.5) is 5.69 Å². The van der Waals surface area contributed by atoms with Crippen molar-refractivity contribution in [1.82, 2.24) is 0 Å². The first kappa shape index (κ1) is 15.4. The van der Waals surface area contributed by atoms with Gasteiger partial charge in [0.25, 0.3) is 5.91 Å². The highest BCUT2D eigenvalue weighted by atomic mass is 79.9. The van der Waals surface area contributed by atoms with Gasteiger partial charge < -0.3 is 10.1 Å². The van der Waals surface area contributed by atoms with Gasteiger partial charge in [0.2, 0.25) is 0 Å². The third-order valence-corrected chi connectivity index (χ3v) is 4.52. The van der Waals surface area contributed by atoms with Crippen molar-refractivity contribution in [3.8, 4) is 5.75 Å². The third-order valence-electron chi connectivity index (χ3n) is 2.61. The molecule has 0 aromatic heterocycles. The smallest absolute Gasteiger partial charge is 0.257 e. The molecule has 2 aromatic carbocycles. The van der Waals surface area contributed by atoms with E-state index < -0.39 is 0 Å². The van der Waals surface area contributed by atoms with Crippen LogP contribution in [-0.2, 0) is 0 Å². The number of hydrogen-bond donors (Lipinski definition) is 1. The molecule has 0 fully saturated rings. The monoisotopic (exact) mass is 417 g/mol. The minimum Gasteiger partial charge on any atom is -0.496 e. The van der Waals surface area contributed by atoms with Crippen LogP contribution < -0.4 is 10.1 Å². The van der Waals surface area contributed by atoms with Crippen LogP contribution in [-0.4, -0.2) is 13.0 Å². The molecule has 0 spiro atoms. The summed E-state index contributed by atoms with van der Waals surface area (Å²) >= 11 is 12.8. The summed E-state index contributed by atoms with van der Waals surface area (Å²) in [6, 6.07) is 10.5. The zero-order valence-corrected chi connectivity index (χ0v) is 14.3. The van der Waals surface area contributed by atoms with Crippen molar-refractivity contribution in [3.05, 3.63) is 55.9 Å². The normalized spacial score (nSPS) is 10.2. The molecule has 2 aromatic rings. The largest absolute Gasteiger partial charge is 0.496 e. The molecule has 1 amide bonds. The maximum atomic E-state index is 12.2. The molecule has 0 aliphatic heterocycles. The van der Waals surface area contributed by atoms with Gasteiger partial charge >= 0.3 is 0 Å². The number of carbonyl (C=O) groups is 1. The molecule has 0 atom stereocenters. The predicted molar refractivity (Wildman–Crippen MR) is 87.8 cm³/mol. The van der Waals surface area contributed by atoms with Gasteiger partial charge in [0.05, 0.1) is 22.2 Å². The van der Waals surface area contributed by atoms with Crippen molar-refractivity contribution in [2.24, 2.45) is 0 Å². The lowest BCUT2D eigenvalue weighted by Gasteiger charge is -2.09. The third kappa shape index (κ3) is 3.34. The van der Waals surface area contributed by atoms with Crippen LogP contribution in [0.25, 0.3) is 0 Å². The standard InChI is InChI=1S/C14H10Br2ClNO2/c1-20-12-6-5-8(7-11(12)16)18-14(19)9-3-2-4-10(15)13(9)17/h2-7H,1H3,(H,18,19). The van der Waals surface area contributed by atoms with Gasteiger partial charge in [-0.3, -0.25) is 4.79 Å². The zero-order valence-electron chi connectivity index (χ0n) is 10.4. The van der Waals surface area contributed by atoms with E-state index in [1.165, 1.54) is 0 Å². The van der Waals surface area contributed by atoms with Gasteiger partial charge in [-0.1, -0.05) is 17.7 Å². The van der Waals surface area contributed by atoms with Gasteiger partial charge in [-0.05, 0) is 62.2 Å². The molecule has 20 heavy (non-hydrogen) atoms. The van der Waals surface area contributed by atoms with Crippen LogP contribution in [0, 0.1) is 0 Å². The molecule has 0 saturated heterocycles. The summed E-state index contributed by atoms with van der Waals surface area (Å²) in [6.07, 6.45) is 0. The first-order valence-corrected chi connectivity index (χ1v) is 7.58. The Labute approximate surface area is 138 Å². The maximum absolute atomic E-state index is 12.2. The van der Waals surface area contributed by atoms with E-state index in [9.17, 15) is 4.79 Å². The van der Waals surface area contributed by atoms with Crippen LogP contribution in [0.2, 0.25) is 5.02 Å². The molecule has 0 aliphatic carbocycles. The zero-order chi connectivity index (χ0) is 14.7. The van der Waals surface area contributed by atoms with E-state index >= 15 is 0 Å². The molecule has 2 rings (SSSR count). The van der Waals surface area contributed by atoms with Crippen molar-refractivity contribution < 1.29 is 9.53 Å². The summed E-state index contributed by atoms with van der Waals surface area (Å²) < 4.78 is 6.58. The molecule has 0 heterocycles. The second kappa shape index (κ2) is 6.61. The SMILES string of the molecule is COc1ccc(NC(=O)c2cccc(Br)c2Cl)cc1Br. The van der Waals surface area contributed by atoms with Crippen LogP contribution in [0.5, 0.6) is 5.75 Å². The topological polar surface area (TPSA) is 38.3 Å². The fraction of sp³-hybridized carbons (Fsp3) is 0.0714. The van der Waals surface area contributed by atoms with Gasteiger partial charge in [-0.2, -0.15) is 0 Å². The molecule has 0 radical (unpaired) electrons. The Balaban J connectivity index is 2.24. The minimum absolute atomic E-state index is 0.270. The molecule has 1 N–H and O–H groups in total. The van der Waals surface area contributed by atoms with Gasteiger partial charge in [0, 0.05) is 10.2 Å². The van der Waals surface area contributed by atoms with Crippen molar-refractivity contribution in [3.63, 3.8) is 0 Å². The summed E-state index contributed by atoms with van der Waals surface area (Å²) in [5.41, 5.74) is 1.06. The van der Waals surface area contributed by atoms with Crippen molar-refractivity contribution in [2.45, 2.75) is 0 Å². The Hall–Kier alpha value is -1.04. The fourth-order valence-electron chi connectivity index (χ4n) is 1.62. The summed E-state index contributed by atoms with van der Waals surface area (Å²) in [4.78, 5) is 12.2. The summed E-state index contributed by atoms with van der Waals surface area (Å²) in [5.74, 6) is 0.428. The van der Waals surface area contributed by atoms with Crippen LogP contribution in [0.3, 0.4) is 0 Å². The van der Waals surface area contributed by atoms with Crippen molar-refractivity contribution >= 4 is 55.1 Å². The number of methoxy groups -OCH3 is 1. The number of amides is 1. The number of anilines is 1. The van der Waals surface area contributed by atoms with E-state index in [2.05, 4.69) is 37.2 Å². The molecular weight excluding hydrogens is 409 g/mol. The molecule has 3 nitrogen and oxygen atoms in total. The van der Waals surface area contributed by atoms with E-state index in [-0.39, 0.29) is 5.91 Å². The number of rotatable bonds is 3. The molecule has 6 heteroatoms. The Morgan fingerprint density at radius 3 is 2.60 bits per heavy atom. The van der Waals surface area contributed by atoms with E-state index in [1.54, 1.807) is 43.5 Å². The predicted octanol–water partition coefficient (Wildman–Crippen LogP) is 5.13. The molecule has 0 bridgehead atoms. The Kier molecular flexibility index (Phi) is 5.07. The summed E-state index contributed by atoms with van der Waals surface area (Å²) in [6.45, 7) is 0. The van der Waals surface area contributed by atoms with E-state index in [0.29, 0.717) is 26.5 Å². The average Bonchev–Trinajstić information content (AvgIpc) is 2.42. The van der Waals surface area contributed by atoms with Crippen molar-refractivity contribution in [2.75, 3.05) is 12.4 Å². The first-order valence-electron chi connectivity index (χ1n) is 5.62. The molecule has 0 unspecified atom stereocenters. The Morgan fingerprint density at radius 1 is 1.20 bits per heavy atom.